The van der Waals surface area contributed by atoms with Crippen molar-refractivity contribution in [1.82, 2.24) is 10.0 Å². The Labute approximate surface area is 122 Å². The first kappa shape index (κ1) is 15.5. The minimum Gasteiger partial charge on any atom is -0.316 e. The summed E-state index contributed by atoms with van der Waals surface area (Å²) in [6, 6.07) is 5.44. The van der Waals surface area contributed by atoms with Gasteiger partial charge in [0, 0.05) is 13.1 Å². The lowest BCUT2D eigenvalue weighted by molar-refractivity contribution is 0.166. The van der Waals surface area contributed by atoms with Crippen LogP contribution in [0.1, 0.15) is 37.3 Å². The van der Waals surface area contributed by atoms with Crippen LogP contribution in [0.3, 0.4) is 0 Å². The van der Waals surface area contributed by atoms with Crippen molar-refractivity contribution in [2.24, 2.45) is 5.41 Å². The standard InChI is InChI=1S/C15H24N2O2S/c1-12-13(10-16-3)6-4-7-14(12)20(18,19)17-11-15(2)8-5-9-15/h4,6-7,16-17H,5,8-11H2,1-3H3. The van der Waals surface area contributed by atoms with E-state index in [4.69, 9.17) is 0 Å². The van der Waals surface area contributed by atoms with Crippen molar-refractivity contribution in [2.45, 2.75) is 44.6 Å². The van der Waals surface area contributed by atoms with Crippen LogP contribution in [0.5, 0.6) is 0 Å². The van der Waals surface area contributed by atoms with Crippen molar-refractivity contribution in [3.8, 4) is 0 Å². The van der Waals surface area contributed by atoms with Crippen LogP contribution in [0, 0.1) is 12.3 Å². The maximum Gasteiger partial charge on any atom is 0.240 e. The van der Waals surface area contributed by atoms with Crippen LogP contribution in [0.4, 0.5) is 0 Å². The van der Waals surface area contributed by atoms with Gasteiger partial charge in [0.05, 0.1) is 4.90 Å². The lowest BCUT2D eigenvalue weighted by Crippen LogP contribution is -2.40. The van der Waals surface area contributed by atoms with Gasteiger partial charge < -0.3 is 5.32 Å². The highest BCUT2D eigenvalue weighted by Crippen LogP contribution is 2.39. The van der Waals surface area contributed by atoms with Gasteiger partial charge in [0.1, 0.15) is 0 Å². The molecule has 1 fully saturated rings. The van der Waals surface area contributed by atoms with E-state index in [0.29, 0.717) is 18.0 Å². The Morgan fingerprint density at radius 2 is 2.00 bits per heavy atom. The van der Waals surface area contributed by atoms with E-state index < -0.39 is 10.0 Å². The lowest BCUT2D eigenvalue weighted by atomic mass is 9.71. The van der Waals surface area contributed by atoms with Crippen LogP contribution in [0.25, 0.3) is 0 Å². The monoisotopic (exact) mass is 296 g/mol. The van der Waals surface area contributed by atoms with E-state index in [9.17, 15) is 8.42 Å². The van der Waals surface area contributed by atoms with E-state index in [-0.39, 0.29) is 5.41 Å². The number of sulfonamides is 1. The highest BCUT2D eigenvalue weighted by Gasteiger charge is 2.33. The van der Waals surface area contributed by atoms with Crippen LogP contribution in [-0.2, 0) is 16.6 Å². The quantitative estimate of drug-likeness (QED) is 0.846. The Balaban J connectivity index is 2.18. The molecule has 0 radical (unpaired) electrons. The molecule has 0 amide bonds. The minimum atomic E-state index is -3.42. The molecule has 2 rings (SSSR count). The average molecular weight is 296 g/mol. The fraction of sp³-hybridized carbons (Fsp3) is 0.600. The molecule has 0 saturated heterocycles. The largest absolute Gasteiger partial charge is 0.316 e. The second-order valence-electron chi connectivity index (χ2n) is 6.06. The molecule has 1 aromatic rings. The predicted molar refractivity (Wildman–Crippen MR) is 81.1 cm³/mol. The van der Waals surface area contributed by atoms with Gasteiger partial charge in [-0.2, -0.15) is 0 Å². The molecule has 1 saturated carbocycles. The van der Waals surface area contributed by atoms with Crippen molar-refractivity contribution in [2.75, 3.05) is 13.6 Å². The number of nitrogens with one attached hydrogen (secondary N) is 2. The third-order valence-corrected chi connectivity index (χ3v) is 5.85. The second-order valence-corrected chi connectivity index (χ2v) is 7.79. The van der Waals surface area contributed by atoms with Crippen molar-refractivity contribution in [1.29, 1.82) is 0 Å². The van der Waals surface area contributed by atoms with Crippen LogP contribution in [0.15, 0.2) is 23.1 Å². The Kier molecular flexibility index (Phi) is 4.52. The summed E-state index contributed by atoms with van der Waals surface area (Å²) in [5.41, 5.74) is 1.99. The molecule has 112 valence electrons. The van der Waals surface area contributed by atoms with Gasteiger partial charge >= 0.3 is 0 Å². The Morgan fingerprint density at radius 1 is 1.30 bits per heavy atom. The SMILES string of the molecule is CNCc1cccc(S(=O)(=O)NCC2(C)CCC2)c1C. The molecular formula is C15H24N2O2S. The summed E-state index contributed by atoms with van der Waals surface area (Å²) in [7, 11) is -1.56. The number of hydrogen-bond donors (Lipinski definition) is 2. The van der Waals surface area contributed by atoms with Crippen LogP contribution in [0.2, 0.25) is 0 Å². The molecule has 2 N–H and O–H groups in total. The third-order valence-electron chi connectivity index (χ3n) is 4.30. The summed E-state index contributed by atoms with van der Waals surface area (Å²) in [6.45, 7) is 5.22. The topological polar surface area (TPSA) is 58.2 Å². The first-order valence-corrected chi connectivity index (χ1v) is 8.59. The Morgan fingerprint density at radius 3 is 2.55 bits per heavy atom. The van der Waals surface area contributed by atoms with E-state index in [1.165, 1.54) is 6.42 Å². The summed E-state index contributed by atoms with van der Waals surface area (Å²) in [4.78, 5) is 0.396. The van der Waals surface area contributed by atoms with E-state index in [1.807, 2.05) is 20.0 Å². The maximum atomic E-state index is 12.5. The zero-order valence-electron chi connectivity index (χ0n) is 12.5. The van der Waals surface area contributed by atoms with Gasteiger partial charge in [-0.25, -0.2) is 13.1 Å². The van der Waals surface area contributed by atoms with Crippen molar-refractivity contribution in [3.63, 3.8) is 0 Å². The molecule has 5 heteroatoms. The van der Waals surface area contributed by atoms with E-state index in [1.54, 1.807) is 12.1 Å². The molecule has 1 aliphatic carbocycles. The normalized spacial score (nSPS) is 17.8. The van der Waals surface area contributed by atoms with Gasteiger partial charge in [0.15, 0.2) is 0 Å². The second kappa shape index (κ2) is 5.84. The highest BCUT2D eigenvalue weighted by atomic mass is 32.2. The zero-order chi connectivity index (χ0) is 14.8. The molecule has 0 bridgehead atoms. The van der Waals surface area contributed by atoms with E-state index in [2.05, 4.69) is 17.0 Å². The Hall–Kier alpha value is -0.910. The van der Waals surface area contributed by atoms with Gasteiger partial charge in [-0.3, -0.25) is 0 Å². The molecule has 20 heavy (non-hydrogen) atoms. The average Bonchev–Trinajstić information content (AvgIpc) is 2.37. The molecule has 0 aromatic heterocycles. The number of benzene rings is 1. The van der Waals surface area contributed by atoms with Gasteiger partial charge in [-0.05, 0) is 49.4 Å². The molecule has 1 aromatic carbocycles. The summed E-state index contributed by atoms with van der Waals surface area (Å²) < 4.78 is 27.7. The van der Waals surface area contributed by atoms with Crippen LogP contribution < -0.4 is 10.0 Å². The van der Waals surface area contributed by atoms with Gasteiger partial charge in [-0.15, -0.1) is 0 Å². The van der Waals surface area contributed by atoms with E-state index >= 15 is 0 Å². The van der Waals surface area contributed by atoms with Crippen molar-refractivity contribution < 1.29 is 8.42 Å². The molecule has 0 spiro atoms. The smallest absolute Gasteiger partial charge is 0.240 e. The summed E-state index contributed by atoms with van der Waals surface area (Å²) in [6.07, 6.45) is 3.41. The third kappa shape index (κ3) is 3.22. The molecule has 0 unspecified atom stereocenters. The van der Waals surface area contributed by atoms with Crippen LogP contribution in [-0.4, -0.2) is 22.0 Å². The molecule has 4 nitrogen and oxygen atoms in total. The first-order chi connectivity index (χ1) is 9.38. The van der Waals surface area contributed by atoms with Gasteiger partial charge in [-0.1, -0.05) is 25.5 Å². The summed E-state index contributed by atoms with van der Waals surface area (Å²) in [5.74, 6) is 0. The summed E-state index contributed by atoms with van der Waals surface area (Å²) >= 11 is 0. The fourth-order valence-corrected chi connectivity index (χ4v) is 4.12. The molecule has 0 heterocycles. The molecule has 0 aliphatic heterocycles. The molecule has 0 atom stereocenters. The summed E-state index contributed by atoms with van der Waals surface area (Å²) in [5, 5.41) is 3.06. The molecule has 1 aliphatic rings. The van der Waals surface area contributed by atoms with Crippen molar-refractivity contribution in [3.05, 3.63) is 29.3 Å². The zero-order valence-corrected chi connectivity index (χ0v) is 13.3. The van der Waals surface area contributed by atoms with Gasteiger partial charge in [0.2, 0.25) is 10.0 Å². The number of hydrogen-bond acceptors (Lipinski definition) is 3. The molecular weight excluding hydrogens is 272 g/mol. The first-order valence-electron chi connectivity index (χ1n) is 7.11. The highest BCUT2D eigenvalue weighted by molar-refractivity contribution is 7.89. The number of rotatable bonds is 6. The predicted octanol–water partition coefficient (Wildman–Crippen LogP) is 2.18. The Bertz CT molecular complexity index is 578. The minimum absolute atomic E-state index is 0.142. The van der Waals surface area contributed by atoms with E-state index in [0.717, 1.165) is 24.0 Å². The van der Waals surface area contributed by atoms with Crippen molar-refractivity contribution >= 4 is 10.0 Å². The maximum absolute atomic E-state index is 12.5. The fourth-order valence-electron chi connectivity index (χ4n) is 2.64. The van der Waals surface area contributed by atoms with Gasteiger partial charge in [0.25, 0.3) is 0 Å². The van der Waals surface area contributed by atoms with Crippen LogP contribution >= 0.6 is 0 Å². The lowest BCUT2D eigenvalue weighted by Gasteiger charge is -2.38.